The average molecular weight is 397 g/mol. The Hall–Kier alpha value is -3.37. The second kappa shape index (κ2) is 8.33. The van der Waals surface area contributed by atoms with Crippen LogP contribution in [0.4, 0.5) is 4.39 Å². The summed E-state index contributed by atoms with van der Waals surface area (Å²) in [5.74, 6) is -0.516. The molecular formula is C19H20FN7O2. The molecule has 2 aromatic heterocycles. The van der Waals surface area contributed by atoms with E-state index >= 15 is 0 Å². The van der Waals surface area contributed by atoms with Crippen molar-refractivity contribution in [1.29, 1.82) is 0 Å². The van der Waals surface area contributed by atoms with Crippen LogP contribution in [0.5, 0.6) is 0 Å². The fourth-order valence-electron chi connectivity index (χ4n) is 3.13. The molecule has 1 saturated heterocycles. The lowest BCUT2D eigenvalue weighted by Crippen LogP contribution is -2.43. The predicted molar refractivity (Wildman–Crippen MR) is 102 cm³/mol. The molecule has 10 heteroatoms. The number of hydrogen-bond donors (Lipinski definition) is 3. The summed E-state index contributed by atoms with van der Waals surface area (Å²) in [7, 11) is 0. The number of rotatable bonds is 6. The van der Waals surface area contributed by atoms with Crippen molar-refractivity contribution in [3.8, 4) is 0 Å². The molecule has 29 heavy (non-hydrogen) atoms. The van der Waals surface area contributed by atoms with E-state index in [-0.39, 0.29) is 24.0 Å². The van der Waals surface area contributed by atoms with Gasteiger partial charge < -0.3 is 5.32 Å². The van der Waals surface area contributed by atoms with Gasteiger partial charge in [0.05, 0.1) is 18.8 Å². The molecule has 1 aliphatic heterocycles. The Morgan fingerprint density at radius 3 is 2.79 bits per heavy atom. The number of nitrogens with one attached hydrogen (secondary N) is 3. The zero-order valence-electron chi connectivity index (χ0n) is 15.5. The quantitative estimate of drug-likeness (QED) is 0.553. The van der Waals surface area contributed by atoms with E-state index in [1.807, 2.05) is 18.2 Å². The van der Waals surface area contributed by atoms with E-state index in [1.165, 1.54) is 27.7 Å². The van der Waals surface area contributed by atoms with Gasteiger partial charge in [-0.2, -0.15) is 5.10 Å². The first-order valence-electron chi connectivity index (χ1n) is 9.17. The smallest absolute Gasteiger partial charge is 0.347 e. The van der Waals surface area contributed by atoms with Crippen molar-refractivity contribution < 1.29 is 9.18 Å². The fourth-order valence-corrected chi connectivity index (χ4v) is 3.13. The van der Waals surface area contributed by atoms with Gasteiger partial charge in [0.25, 0.3) is 0 Å². The largest absolute Gasteiger partial charge is 0.349 e. The summed E-state index contributed by atoms with van der Waals surface area (Å²) in [5.41, 5.74) is 7.09. The zero-order chi connectivity index (χ0) is 20.2. The number of halogens is 1. The molecule has 4 rings (SSSR count). The summed E-state index contributed by atoms with van der Waals surface area (Å²) in [6.45, 7) is 0.568. The molecule has 2 atom stereocenters. The first-order valence-corrected chi connectivity index (χ1v) is 9.17. The maximum atomic E-state index is 13.0. The van der Waals surface area contributed by atoms with E-state index in [0.29, 0.717) is 13.0 Å². The van der Waals surface area contributed by atoms with Gasteiger partial charge in [-0.1, -0.05) is 18.2 Å². The molecule has 150 valence electrons. The Balaban J connectivity index is 1.36. The topological polar surface area (TPSA) is 106 Å². The minimum Gasteiger partial charge on any atom is -0.349 e. The first kappa shape index (κ1) is 19.0. The van der Waals surface area contributed by atoms with Crippen LogP contribution in [0.15, 0.2) is 59.8 Å². The van der Waals surface area contributed by atoms with Crippen LogP contribution < -0.4 is 21.9 Å². The SMILES string of the molecule is O=C(NCc1ccccn1)C1CC(n2cnn(Cc3ccc(F)cc3)c2=O)NN1. The minimum absolute atomic E-state index is 0.183. The van der Waals surface area contributed by atoms with Crippen LogP contribution in [0.2, 0.25) is 0 Å². The molecule has 3 N–H and O–H groups in total. The Morgan fingerprint density at radius 1 is 1.21 bits per heavy atom. The van der Waals surface area contributed by atoms with Gasteiger partial charge in [0, 0.05) is 12.6 Å². The van der Waals surface area contributed by atoms with Crippen molar-refractivity contribution in [2.45, 2.75) is 31.7 Å². The number of pyridine rings is 1. The molecule has 3 heterocycles. The number of carbonyl (C=O) groups is 1. The molecule has 0 radical (unpaired) electrons. The number of amides is 1. The average Bonchev–Trinajstić information content (AvgIpc) is 3.36. The third kappa shape index (κ3) is 4.39. The minimum atomic E-state index is -0.490. The highest BCUT2D eigenvalue weighted by molar-refractivity contribution is 5.81. The van der Waals surface area contributed by atoms with E-state index in [1.54, 1.807) is 18.3 Å². The number of nitrogens with zero attached hydrogens (tertiary/aromatic N) is 4. The third-order valence-electron chi connectivity index (χ3n) is 4.71. The van der Waals surface area contributed by atoms with Crippen LogP contribution in [0.1, 0.15) is 23.8 Å². The summed E-state index contributed by atoms with van der Waals surface area (Å²) in [4.78, 5) is 29.2. The van der Waals surface area contributed by atoms with E-state index < -0.39 is 12.2 Å². The normalized spacial score (nSPS) is 18.7. The van der Waals surface area contributed by atoms with Crippen LogP contribution in [0.3, 0.4) is 0 Å². The highest BCUT2D eigenvalue weighted by Gasteiger charge is 2.31. The van der Waals surface area contributed by atoms with Crippen molar-refractivity contribution in [2.24, 2.45) is 0 Å². The Labute approximate surface area is 165 Å². The van der Waals surface area contributed by atoms with E-state index in [9.17, 15) is 14.0 Å². The highest BCUT2D eigenvalue weighted by atomic mass is 19.1. The van der Waals surface area contributed by atoms with Crippen molar-refractivity contribution in [1.82, 2.24) is 35.5 Å². The molecule has 1 aliphatic rings. The van der Waals surface area contributed by atoms with Crippen LogP contribution >= 0.6 is 0 Å². The van der Waals surface area contributed by atoms with E-state index in [4.69, 9.17) is 0 Å². The summed E-state index contributed by atoms with van der Waals surface area (Å²) in [6.07, 6.45) is 3.08. The fraction of sp³-hybridized carbons (Fsp3) is 0.263. The van der Waals surface area contributed by atoms with Gasteiger partial charge >= 0.3 is 5.69 Å². The van der Waals surface area contributed by atoms with Gasteiger partial charge in [0.2, 0.25) is 5.91 Å². The number of aromatic nitrogens is 4. The number of hydrogen-bond acceptors (Lipinski definition) is 6. The van der Waals surface area contributed by atoms with Crippen LogP contribution in [0.25, 0.3) is 0 Å². The van der Waals surface area contributed by atoms with E-state index in [0.717, 1.165) is 11.3 Å². The van der Waals surface area contributed by atoms with Crippen molar-refractivity contribution >= 4 is 5.91 Å². The lowest BCUT2D eigenvalue weighted by atomic mass is 10.2. The number of carbonyl (C=O) groups excluding carboxylic acids is 1. The molecule has 2 unspecified atom stereocenters. The van der Waals surface area contributed by atoms with Crippen molar-refractivity contribution in [3.05, 3.63) is 82.5 Å². The van der Waals surface area contributed by atoms with Crippen LogP contribution in [-0.4, -0.2) is 31.3 Å². The summed E-state index contributed by atoms with van der Waals surface area (Å²) in [6, 6.07) is 10.9. The lowest BCUT2D eigenvalue weighted by Gasteiger charge is -2.10. The van der Waals surface area contributed by atoms with Gasteiger partial charge in [0.1, 0.15) is 24.4 Å². The Bertz CT molecular complexity index is 1030. The van der Waals surface area contributed by atoms with Gasteiger partial charge in [-0.05, 0) is 29.8 Å². The summed E-state index contributed by atoms with van der Waals surface area (Å²) >= 11 is 0. The molecule has 0 bridgehead atoms. The molecule has 3 aromatic rings. The summed E-state index contributed by atoms with van der Waals surface area (Å²) < 4.78 is 15.8. The maximum Gasteiger partial charge on any atom is 0.347 e. The number of hydrazine groups is 1. The van der Waals surface area contributed by atoms with Gasteiger partial charge in [-0.15, -0.1) is 0 Å². The maximum absolute atomic E-state index is 13.0. The molecule has 1 amide bonds. The molecule has 1 aromatic carbocycles. The molecule has 0 aliphatic carbocycles. The molecule has 9 nitrogen and oxygen atoms in total. The summed E-state index contributed by atoms with van der Waals surface area (Å²) in [5, 5.41) is 6.95. The van der Waals surface area contributed by atoms with Crippen LogP contribution in [0, 0.1) is 5.82 Å². The number of benzene rings is 1. The second-order valence-corrected chi connectivity index (χ2v) is 6.74. The Morgan fingerprint density at radius 2 is 2.03 bits per heavy atom. The first-order chi connectivity index (χ1) is 14.1. The molecule has 1 fully saturated rings. The zero-order valence-corrected chi connectivity index (χ0v) is 15.5. The van der Waals surface area contributed by atoms with Crippen molar-refractivity contribution in [3.63, 3.8) is 0 Å². The second-order valence-electron chi connectivity index (χ2n) is 6.74. The lowest BCUT2D eigenvalue weighted by molar-refractivity contribution is -0.123. The monoisotopic (exact) mass is 397 g/mol. The Kier molecular flexibility index (Phi) is 5.45. The van der Waals surface area contributed by atoms with Gasteiger partial charge in [-0.3, -0.25) is 14.3 Å². The van der Waals surface area contributed by atoms with Gasteiger partial charge in [0.15, 0.2) is 0 Å². The van der Waals surface area contributed by atoms with Gasteiger partial charge in [-0.25, -0.2) is 24.7 Å². The van der Waals surface area contributed by atoms with E-state index in [2.05, 4.69) is 26.3 Å². The standard InChI is InChI=1S/C19H20FN7O2/c20-14-6-4-13(5-7-14)11-27-19(29)26(12-23-27)17-9-16(24-25-17)18(28)22-10-15-3-1-2-8-21-15/h1-8,12,16-17,24-25H,9-11H2,(H,22,28). The highest BCUT2D eigenvalue weighted by Crippen LogP contribution is 2.14. The third-order valence-corrected chi connectivity index (χ3v) is 4.71. The predicted octanol–water partition coefficient (Wildman–Crippen LogP) is 0.309. The van der Waals surface area contributed by atoms with Crippen LogP contribution in [-0.2, 0) is 17.9 Å². The molecule has 0 saturated carbocycles. The molecular weight excluding hydrogens is 377 g/mol. The molecule has 0 spiro atoms. The van der Waals surface area contributed by atoms with Crippen molar-refractivity contribution in [2.75, 3.05) is 0 Å².